The van der Waals surface area contributed by atoms with Crippen LogP contribution >= 0.6 is 0 Å². The summed E-state index contributed by atoms with van der Waals surface area (Å²) in [5.74, 6) is 1.31. The third kappa shape index (κ3) is 2.32. The van der Waals surface area contributed by atoms with Gasteiger partial charge in [-0.15, -0.1) is 0 Å². The zero-order chi connectivity index (χ0) is 12.3. The lowest BCUT2D eigenvalue weighted by Crippen LogP contribution is -2.07. The van der Waals surface area contributed by atoms with Crippen molar-refractivity contribution in [1.82, 2.24) is 9.55 Å². The van der Waals surface area contributed by atoms with Gasteiger partial charge in [0.25, 0.3) is 0 Å². The first-order chi connectivity index (χ1) is 7.49. The SMILES string of the molecule is CC.Cc1nc2n(c1N)C=CC(C)(C)C=N2. The first kappa shape index (κ1) is 12.5. The zero-order valence-electron chi connectivity index (χ0n) is 10.7. The van der Waals surface area contributed by atoms with Gasteiger partial charge in [0.2, 0.25) is 5.95 Å². The second-order valence-electron chi connectivity index (χ2n) is 4.15. The molecule has 0 aliphatic carbocycles. The Kier molecular flexibility index (Phi) is 3.52. The minimum absolute atomic E-state index is 0.0406. The van der Waals surface area contributed by atoms with Crippen LogP contribution in [0.15, 0.2) is 11.1 Å². The van der Waals surface area contributed by atoms with E-state index in [0.29, 0.717) is 11.8 Å². The average molecular weight is 220 g/mol. The fourth-order valence-electron chi connectivity index (χ4n) is 1.32. The Labute approximate surface area is 96.9 Å². The van der Waals surface area contributed by atoms with Gasteiger partial charge in [0, 0.05) is 17.8 Å². The standard InChI is InChI=1S/C10H14N4.C2H6/c1-7-8(11)14-5-4-10(2,3)6-12-9(14)13-7;1-2/h4-6H,11H2,1-3H3;1-2H3. The highest BCUT2D eigenvalue weighted by Gasteiger charge is 2.16. The molecule has 0 saturated carbocycles. The number of imidazole rings is 1. The lowest BCUT2D eigenvalue weighted by Gasteiger charge is -2.10. The van der Waals surface area contributed by atoms with Crippen LogP contribution in [0.5, 0.6) is 0 Å². The maximum absolute atomic E-state index is 5.86. The van der Waals surface area contributed by atoms with Crippen molar-refractivity contribution in [3.05, 3.63) is 11.8 Å². The molecule has 88 valence electrons. The number of anilines is 1. The molecule has 2 rings (SSSR count). The van der Waals surface area contributed by atoms with E-state index < -0.39 is 0 Å². The average Bonchev–Trinajstić information content (AvgIpc) is 2.42. The third-order valence-electron chi connectivity index (χ3n) is 2.28. The van der Waals surface area contributed by atoms with Gasteiger partial charge >= 0.3 is 0 Å². The molecule has 0 bridgehead atoms. The minimum Gasteiger partial charge on any atom is -0.383 e. The molecule has 0 saturated heterocycles. The molecule has 0 fully saturated rings. The number of aromatic nitrogens is 2. The van der Waals surface area contributed by atoms with E-state index >= 15 is 0 Å². The zero-order valence-corrected chi connectivity index (χ0v) is 10.7. The molecule has 1 aliphatic heterocycles. The Morgan fingerprint density at radius 1 is 1.31 bits per heavy atom. The summed E-state index contributed by atoms with van der Waals surface area (Å²) in [4.78, 5) is 8.57. The molecular weight excluding hydrogens is 200 g/mol. The highest BCUT2D eigenvalue weighted by atomic mass is 15.2. The van der Waals surface area contributed by atoms with Gasteiger partial charge in [0.1, 0.15) is 5.82 Å². The molecule has 2 N–H and O–H groups in total. The summed E-state index contributed by atoms with van der Waals surface area (Å²) >= 11 is 0. The molecule has 16 heavy (non-hydrogen) atoms. The molecular formula is C12H20N4. The molecule has 2 heterocycles. The van der Waals surface area contributed by atoms with Crippen LogP contribution in [0, 0.1) is 12.3 Å². The number of nitrogens with two attached hydrogens (primary N) is 1. The normalized spacial score (nSPS) is 16.1. The number of nitrogen functional groups attached to an aromatic ring is 1. The number of hydrogen-bond acceptors (Lipinski definition) is 3. The summed E-state index contributed by atoms with van der Waals surface area (Å²) < 4.78 is 1.81. The highest BCUT2D eigenvalue weighted by Crippen LogP contribution is 2.26. The van der Waals surface area contributed by atoms with Crippen molar-refractivity contribution in [3.63, 3.8) is 0 Å². The molecule has 0 atom stereocenters. The summed E-state index contributed by atoms with van der Waals surface area (Å²) in [5.41, 5.74) is 6.64. The molecule has 0 radical (unpaired) electrons. The smallest absolute Gasteiger partial charge is 0.235 e. The van der Waals surface area contributed by atoms with Crippen LogP contribution in [0.2, 0.25) is 0 Å². The molecule has 0 unspecified atom stereocenters. The van der Waals surface area contributed by atoms with Crippen molar-refractivity contribution in [3.8, 4) is 0 Å². The summed E-state index contributed by atoms with van der Waals surface area (Å²) in [5, 5.41) is 0. The summed E-state index contributed by atoms with van der Waals surface area (Å²) in [7, 11) is 0. The van der Waals surface area contributed by atoms with Crippen molar-refractivity contribution >= 4 is 24.2 Å². The number of hydrogen-bond donors (Lipinski definition) is 1. The summed E-state index contributed by atoms with van der Waals surface area (Å²) in [6.45, 7) is 10.1. The topological polar surface area (TPSA) is 56.2 Å². The predicted molar refractivity (Wildman–Crippen MR) is 70.0 cm³/mol. The van der Waals surface area contributed by atoms with Crippen molar-refractivity contribution in [1.29, 1.82) is 0 Å². The van der Waals surface area contributed by atoms with Crippen molar-refractivity contribution in [2.24, 2.45) is 10.4 Å². The van der Waals surface area contributed by atoms with Crippen molar-refractivity contribution in [2.45, 2.75) is 34.6 Å². The van der Waals surface area contributed by atoms with Crippen molar-refractivity contribution in [2.75, 3.05) is 5.73 Å². The first-order valence-corrected chi connectivity index (χ1v) is 5.58. The van der Waals surface area contributed by atoms with Crippen LogP contribution in [-0.2, 0) is 0 Å². The maximum Gasteiger partial charge on any atom is 0.235 e. The molecule has 0 amide bonds. The van der Waals surface area contributed by atoms with Crippen LogP contribution in [0.1, 0.15) is 33.4 Å². The third-order valence-corrected chi connectivity index (χ3v) is 2.28. The largest absolute Gasteiger partial charge is 0.383 e. The number of fused-ring (bicyclic) bond motifs is 1. The lowest BCUT2D eigenvalue weighted by molar-refractivity contribution is 0.698. The van der Waals surface area contributed by atoms with E-state index in [1.807, 2.05) is 33.2 Å². The van der Waals surface area contributed by atoms with Gasteiger partial charge in [-0.05, 0) is 6.92 Å². The van der Waals surface area contributed by atoms with Crippen LogP contribution in [-0.4, -0.2) is 15.8 Å². The van der Waals surface area contributed by atoms with Gasteiger partial charge in [0.15, 0.2) is 0 Å². The molecule has 1 aromatic heterocycles. The van der Waals surface area contributed by atoms with Crippen LogP contribution < -0.4 is 5.73 Å². The number of nitrogens with zero attached hydrogens (tertiary/aromatic N) is 3. The maximum atomic E-state index is 5.86. The van der Waals surface area contributed by atoms with E-state index in [1.54, 1.807) is 4.57 Å². The van der Waals surface area contributed by atoms with Gasteiger partial charge < -0.3 is 5.73 Å². The number of allylic oxidation sites excluding steroid dienone is 1. The number of aliphatic imine (C=N–C) groups is 1. The molecule has 4 nitrogen and oxygen atoms in total. The van der Waals surface area contributed by atoms with Gasteiger partial charge in [0.05, 0.1) is 5.69 Å². The van der Waals surface area contributed by atoms with Crippen LogP contribution in [0.4, 0.5) is 11.8 Å². The molecule has 1 aliphatic rings. The summed E-state index contributed by atoms with van der Waals surface area (Å²) in [6, 6.07) is 0. The molecule has 0 spiro atoms. The molecule has 4 heteroatoms. The lowest BCUT2D eigenvalue weighted by atomic mass is 9.96. The first-order valence-electron chi connectivity index (χ1n) is 5.58. The Morgan fingerprint density at radius 3 is 2.56 bits per heavy atom. The number of aryl methyl sites for hydroxylation is 1. The minimum atomic E-state index is -0.0406. The Balaban J connectivity index is 0.000000606. The van der Waals surface area contributed by atoms with Gasteiger partial charge in [-0.1, -0.05) is 33.8 Å². The fraction of sp³-hybridized carbons (Fsp3) is 0.500. The van der Waals surface area contributed by atoms with E-state index in [0.717, 1.165) is 5.69 Å². The fourth-order valence-corrected chi connectivity index (χ4v) is 1.32. The van der Waals surface area contributed by atoms with Crippen molar-refractivity contribution < 1.29 is 0 Å². The Bertz CT molecular complexity index is 424. The Morgan fingerprint density at radius 2 is 1.94 bits per heavy atom. The molecule has 1 aromatic rings. The van der Waals surface area contributed by atoms with Gasteiger partial charge in [-0.2, -0.15) is 0 Å². The Hall–Kier alpha value is -1.58. The quantitative estimate of drug-likeness (QED) is 0.730. The van der Waals surface area contributed by atoms with E-state index in [-0.39, 0.29) is 5.41 Å². The van der Waals surface area contributed by atoms with E-state index in [2.05, 4.69) is 29.9 Å². The van der Waals surface area contributed by atoms with Crippen LogP contribution in [0.25, 0.3) is 6.20 Å². The van der Waals surface area contributed by atoms with Crippen LogP contribution in [0.3, 0.4) is 0 Å². The second-order valence-corrected chi connectivity index (χ2v) is 4.15. The molecule has 0 aromatic carbocycles. The second kappa shape index (κ2) is 4.51. The monoisotopic (exact) mass is 220 g/mol. The van der Waals surface area contributed by atoms with E-state index in [9.17, 15) is 0 Å². The van der Waals surface area contributed by atoms with Gasteiger partial charge in [-0.25, -0.2) is 9.98 Å². The van der Waals surface area contributed by atoms with Gasteiger partial charge in [-0.3, -0.25) is 4.57 Å². The predicted octanol–water partition coefficient (Wildman–Crippen LogP) is 3.01. The summed E-state index contributed by atoms with van der Waals surface area (Å²) in [6.07, 6.45) is 5.87. The number of rotatable bonds is 0. The van der Waals surface area contributed by atoms with E-state index in [1.165, 1.54) is 0 Å². The highest BCUT2D eigenvalue weighted by molar-refractivity contribution is 5.74. The van der Waals surface area contributed by atoms with E-state index in [4.69, 9.17) is 5.73 Å².